The van der Waals surface area contributed by atoms with Crippen LogP contribution in [0.2, 0.25) is 5.02 Å². The van der Waals surface area contributed by atoms with E-state index in [0.717, 1.165) is 11.1 Å². The molecule has 1 aliphatic carbocycles. The van der Waals surface area contributed by atoms with Gasteiger partial charge in [0.25, 0.3) is 5.91 Å². The molecule has 1 saturated carbocycles. The number of carbonyl (C=O) groups excluding carboxylic acids is 2. The van der Waals surface area contributed by atoms with E-state index in [-0.39, 0.29) is 17.9 Å². The first-order chi connectivity index (χ1) is 11.9. The summed E-state index contributed by atoms with van der Waals surface area (Å²) in [5.74, 6) is 1.23. The maximum Gasteiger partial charge on any atom is 0.256 e. The van der Waals surface area contributed by atoms with Gasteiger partial charge in [0.15, 0.2) is 11.6 Å². The number of nitrogens with one attached hydrogen (secondary N) is 1. The first kappa shape index (κ1) is 16.1. The van der Waals surface area contributed by atoms with Crippen LogP contribution in [0.3, 0.4) is 0 Å². The lowest BCUT2D eigenvalue weighted by Crippen LogP contribution is -2.34. The smallest absolute Gasteiger partial charge is 0.256 e. The van der Waals surface area contributed by atoms with Crippen LogP contribution in [0.15, 0.2) is 22.7 Å². The van der Waals surface area contributed by atoms with E-state index in [0.29, 0.717) is 34.6 Å². The van der Waals surface area contributed by atoms with Gasteiger partial charge in [-0.15, -0.1) is 0 Å². The second-order valence-electron chi connectivity index (χ2n) is 6.76. The Bertz CT molecular complexity index is 872. The predicted molar refractivity (Wildman–Crippen MR) is 93.3 cm³/mol. The van der Waals surface area contributed by atoms with Crippen molar-refractivity contribution >= 4 is 29.2 Å². The molecule has 0 saturated heterocycles. The first-order valence-corrected chi connectivity index (χ1v) is 8.70. The van der Waals surface area contributed by atoms with Crippen LogP contribution in [0.1, 0.15) is 42.6 Å². The molecule has 2 heterocycles. The Balaban J connectivity index is 1.65. The maximum atomic E-state index is 12.7. The normalized spacial score (nSPS) is 17.6. The van der Waals surface area contributed by atoms with Crippen LogP contribution in [-0.2, 0) is 11.3 Å². The molecule has 0 radical (unpaired) electrons. The van der Waals surface area contributed by atoms with Crippen LogP contribution in [0.4, 0.5) is 5.82 Å². The standard InChI is InChI=1S/C18H18ClN3O3/c1-9(11-3-4-11)22-8-13-5-12(6-14(19)17(13)18(22)24)15-7-16(21-25-15)20-10(2)23/h5-7,9,11H,3-4,8H2,1-2H3,(H,20,21,23)/t9-/m0/s1. The number of fused-ring (bicyclic) bond motifs is 1. The minimum absolute atomic E-state index is 0.00227. The van der Waals surface area contributed by atoms with E-state index in [2.05, 4.69) is 17.4 Å². The highest BCUT2D eigenvalue weighted by Crippen LogP contribution is 2.41. The summed E-state index contributed by atoms with van der Waals surface area (Å²) in [4.78, 5) is 25.7. The van der Waals surface area contributed by atoms with Gasteiger partial charge >= 0.3 is 0 Å². The average molecular weight is 360 g/mol. The fraction of sp³-hybridized carbons (Fsp3) is 0.389. The number of rotatable bonds is 4. The second-order valence-corrected chi connectivity index (χ2v) is 7.17. The number of carbonyl (C=O) groups is 2. The molecule has 1 N–H and O–H groups in total. The SMILES string of the molecule is CC(=O)Nc1cc(-c2cc(Cl)c3c(c2)CN([C@@H](C)C2CC2)C3=O)on1. The molecule has 0 unspecified atom stereocenters. The molecule has 2 aromatic rings. The van der Waals surface area contributed by atoms with Crippen LogP contribution in [0.5, 0.6) is 0 Å². The molecule has 130 valence electrons. The number of hydrogen-bond acceptors (Lipinski definition) is 4. The van der Waals surface area contributed by atoms with E-state index in [4.69, 9.17) is 16.1 Å². The van der Waals surface area contributed by atoms with Gasteiger partial charge in [0, 0.05) is 31.1 Å². The molecule has 25 heavy (non-hydrogen) atoms. The minimum Gasteiger partial charge on any atom is -0.354 e. The lowest BCUT2D eigenvalue weighted by atomic mass is 10.0. The first-order valence-electron chi connectivity index (χ1n) is 8.32. The predicted octanol–water partition coefficient (Wildman–Crippen LogP) is 3.71. The third kappa shape index (κ3) is 2.91. The van der Waals surface area contributed by atoms with Crippen molar-refractivity contribution in [2.45, 2.75) is 39.3 Å². The third-order valence-electron chi connectivity index (χ3n) is 4.88. The van der Waals surface area contributed by atoms with Crippen LogP contribution >= 0.6 is 11.6 Å². The monoisotopic (exact) mass is 359 g/mol. The second kappa shape index (κ2) is 5.88. The summed E-state index contributed by atoms with van der Waals surface area (Å²) < 4.78 is 5.29. The van der Waals surface area contributed by atoms with Crippen LogP contribution in [0, 0.1) is 5.92 Å². The van der Waals surface area contributed by atoms with E-state index < -0.39 is 0 Å². The third-order valence-corrected chi connectivity index (χ3v) is 5.18. The van der Waals surface area contributed by atoms with Crippen LogP contribution in [-0.4, -0.2) is 27.9 Å². The van der Waals surface area contributed by atoms with Gasteiger partial charge in [-0.25, -0.2) is 0 Å². The van der Waals surface area contributed by atoms with Crippen molar-refractivity contribution in [2.75, 3.05) is 5.32 Å². The molecule has 1 aliphatic heterocycles. The lowest BCUT2D eigenvalue weighted by Gasteiger charge is -2.23. The molecule has 0 bridgehead atoms. The van der Waals surface area contributed by atoms with E-state index in [1.54, 1.807) is 12.1 Å². The zero-order chi connectivity index (χ0) is 17.7. The molecule has 2 amide bonds. The summed E-state index contributed by atoms with van der Waals surface area (Å²) in [6.07, 6.45) is 2.37. The number of amides is 2. The Kier molecular flexibility index (Phi) is 3.80. The molecule has 1 fully saturated rings. The molecule has 0 spiro atoms. The van der Waals surface area contributed by atoms with Gasteiger partial charge in [-0.1, -0.05) is 16.8 Å². The fourth-order valence-corrected chi connectivity index (χ4v) is 3.70. The number of anilines is 1. The largest absolute Gasteiger partial charge is 0.354 e. The summed E-state index contributed by atoms with van der Waals surface area (Å²) in [5.41, 5.74) is 2.22. The molecular formula is C18H18ClN3O3. The molecule has 4 rings (SSSR count). The van der Waals surface area contributed by atoms with Gasteiger partial charge in [-0.2, -0.15) is 0 Å². The van der Waals surface area contributed by atoms with Crippen LogP contribution < -0.4 is 5.32 Å². The van der Waals surface area contributed by atoms with Crippen molar-refractivity contribution in [1.82, 2.24) is 10.1 Å². The van der Waals surface area contributed by atoms with E-state index in [1.165, 1.54) is 19.8 Å². The van der Waals surface area contributed by atoms with Crippen molar-refractivity contribution in [2.24, 2.45) is 5.92 Å². The molecule has 1 aromatic carbocycles. The van der Waals surface area contributed by atoms with Crippen molar-refractivity contribution < 1.29 is 14.1 Å². The molecule has 1 aromatic heterocycles. The molecular weight excluding hydrogens is 342 g/mol. The van der Waals surface area contributed by atoms with Crippen molar-refractivity contribution in [3.63, 3.8) is 0 Å². The highest BCUT2D eigenvalue weighted by molar-refractivity contribution is 6.34. The lowest BCUT2D eigenvalue weighted by molar-refractivity contribution is -0.114. The van der Waals surface area contributed by atoms with Gasteiger partial charge in [-0.05, 0) is 43.4 Å². The minimum atomic E-state index is -0.220. The van der Waals surface area contributed by atoms with Crippen molar-refractivity contribution in [1.29, 1.82) is 0 Å². The van der Waals surface area contributed by atoms with Crippen molar-refractivity contribution in [3.05, 3.63) is 34.3 Å². The number of aromatic nitrogens is 1. The topological polar surface area (TPSA) is 75.4 Å². The van der Waals surface area contributed by atoms with Gasteiger partial charge in [0.2, 0.25) is 5.91 Å². The molecule has 6 nitrogen and oxygen atoms in total. The summed E-state index contributed by atoms with van der Waals surface area (Å²) >= 11 is 6.40. The van der Waals surface area contributed by atoms with E-state index in [9.17, 15) is 9.59 Å². The number of nitrogens with zero attached hydrogens (tertiary/aromatic N) is 2. The summed E-state index contributed by atoms with van der Waals surface area (Å²) in [6, 6.07) is 5.50. The quantitative estimate of drug-likeness (QED) is 0.902. The molecule has 7 heteroatoms. The van der Waals surface area contributed by atoms with Gasteiger partial charge < -0.3 is 14.7 Å². The zero-order valence-corrected chi connectivity index (χ0v) is 14.8. The Morgan fingerprint density at radius 2 is 2.16 bits per heavy atom. The van der Waals surface area contributed by atoms with E-state index in [1.807, 2.05) is 11.0 Å². The Morgan fingerprint density at radius 1 is 1.40 bits per heavy atom. The summed E-state index contributed by atoms with van der Waals surface area (Å²) in [5, 5.41) is 6.81. The van der Waals surface area contributed by atoms with Gasteiger partial charge in [0.1, 0.15) is 0 Å². The number of hydrogen-bond donors (Lipinski definition) is 1. The number of halogens is 1. The molecule has 1 atom stereocenters. The van der Waals surface area contributed by atoms with Crippen molar-refractivity contribution in [3.8, 4) is 11.3 Å². The zero-order valence-electron chi connectivity index (χ0n) is 14.0. The highest BCUT2D eigenvalue weighted by Gasteiger charge is 2.39. The van der Waals surface area contributed by atoms with Crippen LogP contribution in [0.25, 0.3) is 11.3 Å². The van der Waals surface area contributed by atoms with Gasteiger partial charge in [0.05, 0.1) is 10.6 Å². The van der Waals surface area contributed by atoms with E-state index >= 15 is 0 Å². The summed E-state index contributed by atoms with van der Waals surface area (Å²) in [6.45, 7) is 4.07. The molecule has 2 aliphatic rings. The fourth-order valence-electron chi connectivity index (χ4n) is 3.38. The number of benzene rings is 1. The Morgan fingerprint density at radius 3 is 2.84 bits per heavy atom. The van der Waals surface area contributed by atoms with Gasteiger partial charge in [-0.3, -0.25) is 9.59 Å². The highest BCUT2D eigenvalue weighted by atomic mass is 35.5. The maximum absolute atomic E-state index is 12.7. The Labute approximate surface area is 150 Å². The summed E-state index contributed by atoms with van der Waals surface area (Å²) in [7, 11) is 0. The average Bonchev–Trinajstić information content (AvgIpc) is 3.21. The Hall–Kier alpha value is -2.34.